The lowest BCUT2D eigenvalue weighted by atomic mass is 9.74. The Kier molecular flexibility index (Phi) is 3.42. The van der Waals surface area contributed by atoms with Crippen LogP contribution in [0.1, 0.15) is 35.1 Å². The third-order valence-electron chi connectivity index (χ3n) is 3.86. The average molecular weight is 320 g/mol. The van der Waals surface area contributed by atoms with Gasteiger partial charge in [-0.05, 0) is 48.1 Å². The molecule has 0 bridgehead atoms. The Morgan fingerprint density at radius 1 is 1.26 bits per heavy atom. The van der Waals surface area contributed by atoms with Gasteiger partial charge in [0.2, 0.25) is 0 Å². The minimum absolute atomic E-state index is 0.219. The van der Waals surface area contributed by atoms with Gasteiger partial charge in [-0.15, -0.1) is 0 Å². The summed E-state index contributed by atoms with van der Waals surface area (Å²) in [4.78, 5) is 0. The van der Waals surface area contributed by atoms with Crippen molar-refractivity contribution in [1.29, 1.82) is 0 Å². The third-order valence-corrected chi connectivity index (χ3v) is 4.35. The molecular formula is C16H15BrFN. The zero-order valence-corrected chi connectivity index (χ0v) is 12.0. The van der Waals surface area contributed by atoms with Crippen LogP contribution in [-0.4, -0.2) is 0 Å². The van der Waals surface area contributed by atoms with Crippen LogP contribution in [0, 0.1) is 5.82 Å². The number of nitrogens with two attached hydrogens (primary N) is 1. The van der Waals surface area contributed by atoms with E-state index in [1.807, 2.05) is 0 Å². The fourth-order valence-corrected chi connectivity index (χ4v) is 3.18. The average Bonchev–Trinajstić information content (AvgIpc) is 2.38. The Hall–Kier alpha value is -1.19. The lowest BCUT2D eigenvalue weighted by molar-refractivity contribution is 0.481. The van der Waals surface area contributed by atoms with Crippen molar-refractivity contribution in [1.82, 2.24) is 0 Å². The van der Waals surface area contributed by atoms with Crippen LogP contribution < -0.4 is 5.73 Å². The maximum absolute atomic E-state index is 13.8. The molecule has 0 amide bonds. The van der Waals surface area contributed by atoms with Crippen molar-refractivity contribution in [2.75, 3.05) is 0 Å². The van der Waals surface area contributed by atoms with Gasteiger partial charge in [0.15, 0.2) is 0 Å². The summed E-state index contributed by atoms with van der Waals surface area (Å²) in [5.41, 5.74) is 9.53. The highest BCUT2D eigenvalue weighted by atomic mass is 79.9. The monoisotopic (exact) mass is 319 g/mol. The summed E-state index contributed by atoms with van der Waals surface area (Å²) in [5.74, 6) is 0.243. The first-order chi connectivity index (χ1) is 9.15. The Morgan fingerprint density at radius 2 is 2.05 bits per heavy atom. The Bertz CT molecular complexity index is 611. The van der Waals surface area contributed by atoms with Gasteiger partial charge >= 0.3 is 0 Å². The number of hydrogen-bond donors (Lipinski definition) is 1. The van der Waals surface area contributed by atoms with Crippen molar-refractivity contribution < 1.29 is 4.39 Å². The molecule has 0 fully saturated rings. The van der Waals surface area contributed by atoms with Gasteiger partial charge < -0.3 is 5.73 Å². The molecule has 3 heteroatoms. The quantitative estimate of drug-likeness (QED) is 0.895. The SMILES string of the molecule is NC(CC1Cc2ccccc21)c1cc(Br)ccc1F. The molecule has 0 aromatic heterocycles. The smallest absolute Gasteiger partial charge is 0.128 e. The van der Waals surface area contributed by atoms with E-state index in [1.54, 1.807) is 12.1 Å². The van der Waals surface area contributed by atoms with E-state index in [0.29, 0.717) is 11.5 Å². The van der Waals surface area contributed by atoms with Gasteiger partial charge in [0.05, 0.1) is 0 Å². The fourth-order valence-electron chi connectivity index (χ4n) is 2.81. The van der Waals surface area contributed by atoms with E-state index in [-0.39, 0.29) is 11.9 Å². The van der Waals surface area contributed by atoms with E-state index in [2.05, 4.69) is 40.2 Å². The van der Waals surface area contributed by atoms with Gasteiger partial charge in [-0.2, -0.15) is 0 Å². The van der Waals surface area contributed by atoms with Crippen LogP contribution in [0.4, 0.5) is 4.39 Å². The maximum atomic E-state index is 13.8. The number of rotatable bonds is 3. The Balaban J connectivity index is 1.76. The highest BCUT2D eigenvalue weighted by Crippen LogP contribution is 2.40. The summed E-state index contributed by atoms with van der Waals surface area (Å²) < 4.78 is 14.7. The van der Waals surface area contributed by atoms with Crippen molar-refractivity contribution in [3.63, 3.8) is 0 Å². The predicted molar refractivity (Wildman–Crippen MR) is 78.5 cm³/mol. The lowest BCUT2D eigenvalue weighted by Crippen LogP contribution is -2.23. The van der Waals surface area contributed by atoms with Crippen LogP contribution in [0.15, 0.2) is 46.9 Å². The van der Waals surface area contributed by atoms with Crippen LogP contribution in [0.3, 0.4) is 0 Å². The van der Waals surface area contributed by atoms with E-state index in [0.717, 1.165) is 17.3 Å². The van der Waals surface area contributed by atoms with Crippen molar-refractivity contribution >= 4 is 15.9 Å². The molecule has 0 heterocycles. The van der Waals surface area contributed by atoms with E-state index in [4.69, 9.17) is 5.73 Å². The number of halogens is 2. The normalized spacial score (nSPS) is 18.6. The van der Waals surface area contributed by atoms with Crippen molar-refractivity contribution in [2.24, 2.45) is 5.73 Å². The molecule has 19 heavy (non-hydrogen) atoms. The second-order valence-corrected chi connectivity index (χ2v) is 6.02. The summed E-state index contributed by atoms with van der Waals surface area (Å²) in [7, 11) is 0. The number of benzene rings is 2. The molecule has 1 aliphatic carbocycles. The standard InChI is InChI=1S/C16H15BrFN/c17-12-5-6-15(18)14(9-12)16(19)8-11-7-10-3-1-2-4-13(10)11/h1-6,9,11,16H,7-8,19H2. The summed E-state index contributed by atoms with van der Waals surface area (Å²) in [6.07, 6.45) is 1.85. The second-order valence-electron chi connectivity index (χ2n) is 5.11. The molecule has 1 aliphatic rings. The van der Waals surface area contributed by atoms with Gasteiger partial charge in [0.25, 0.3) is 0 Å². The molecule has 0 spiro atoms. The molecule has 98 valence electrons. The Morgan fingerprint density at radius 3 is 2.84 bits per heavy atom. The van der Waals surface area contributed by atoms with Gasteiger partial charge in [0, 0.05) is 16.1 Å². The summed E-state index contributed by atoms with van der Waals surface area (Å²) >= 11 is 3.37. The lowest BCUT2D eigenvalue weighted by Gasteiger charge is -2.32. The zero-order valence-electron chi connectivity index (χ0n) is 10.4. The summed E-state index contributed by atoms with van der Waals surface area (Å²) in [6, 6.07) is 13.1. The molecular weight excluding hydrogens is 305 g/mol. The molecule has 0 saturated carbocycles. The van der Waals surface area contributed by atoms with E-state index in [1.165, 1.54) is 17.2 Å². The molecule has 2 N–H and O–H groups in total. The molecule has 2 unspecified atom stereocenters. The van der Waals surface area contributed by atoms with E-state index >= 15 is 0 Å². The van der Waals surface area contributed by atoms with Gasteiger partial charge in [-0.25, -0.2) is 4.39 Å². The zero-order chi connectivity index (χ0) is 13.4. The number of fused-ring (bicyclic) bond motifs is 1. The molecule has 0 radical (unpaired) electrons. The molecule has 2 aromatic rings. The first-order valence-electron chi connectivity index (χ1n) is 6.43. The van der Waals surface area contributed by atoms with Gasteiger partial charge in [-0.1, -0.05) is 40.2 Å². The number of hydrogen-bond acceptors (Lipinski definition) is 1. The second kappa shape index (κ2) is 5.06. The highest BCUT2D eigenvalue weighted by molar-refractivity contribution is 9.10. The first-order valence-corrected chi connectivity index (χ1v) is 7.23. The molecule has 2 aromatic carbocycles. The van der Waals surface area contributed by atoms with Crippen LogP contribution in [0.2, 0.25) is 0 Å². The van der Waals surface area contributed by atoms with Crippen LogP contribution in [0.5, 0.6) is 0 Å². The first kappa shape index (κ1) is 12.8. The van der Waals surface area contributed by atoms with Crippen LogP contribution in [-0.2, 0) is 6.42 Å². The molecule has 3 rings (SSSR count). The summed E-state index contributed by atoms with van der Waals surface area (Å²) in [5, 5.41) is 0. The van der Waals surface area contributed by atoms with Gasteiger partial charge in [0.1, 0.15) is 5.82 Å². The largest absolute Gasteiger partial charge is 0.324 e. The Labute approximate surface area is 120 Å². The molecule has 1 nitrogen and oxygen atoms in total. The maximum Gasteiger partial charge on any atom is 0.128 e. The van der Waals surface area contributed by atoms with Crippen molar-refractivity contribution in [3.8, 4) is 0 Å². The van der Waals surface area contributed by atoms with Crippen LogP contribution >= 0.6 is 15.9 Å². The topological polar surface area (TPSA) is 26.0 Å². The minimum Gasteiger partial charge on any atom is -0.324 e. The molecule has 0 saturated heterocycles. The molecule has 2 atom stereocenters. The van der Waals surface area contributed by atoms with E-state index < -0.39 is 0 Å². The van der Waals surface area contributed by atoms with Crippen molar-refractivity contribution in [3.05, 3.63) is 69.4 Å². The molecule has 0 aliphatic heterocycles. The fraction of sp³-hybridized carbons (Fsp3) is 0.250. The van der Waals surface area contributed by atoms with E-state index in [9.17, 15) is 4.39 Å². The predicted octanol–water partition coefficient (Wildman–Crippen LogP) is 4.32. The minimum atomic E-state index is -0.254. The highest BCUT2D eigenvalue weighted by Gasteiger charge is 2.28. The third kappa shape index (κ3) is 2.45. The van der Waals surface area contributed by atoms with Crippen molar-refractivity contribution in [2.45, 2.75) is 24.8 Å². The summed E-state index contributed by atoms with van der Waals surface area (Å²) in [6.45, 7) is 0. The van der Waals surface area contributed by atoms with Crippen LogP contribution in [0.25, 0.3) is 0 Å². The van der Waals surface area contributed by atoms with Gasteiger partial charge in [-0.3, -0.25) is 0 Å².